The van der Waals surface area contributed by atoms with Crippen LogP contribution in [0.3, 0.4) is 0 Å². The highest BCUT2D eigenvalue weighted by atomic mass is 16.5. The quantitative estimate of drug-likeness (QED) is 0.628. The molecule has 0 radical (unpaired) electrons. The molecule has 1 unspecified atom stereocenters. The molecule has 2 rings (SSSR count). The van der Waals surface area contributed by atoms with Gasteiger partial charge in [0.15, 0.2) is 0 Å². The Balaban J connectivity index is 1.77. The smallest absolute Gasteiger partial charge is 0.244 e. The molecule has 1 aromatic carbocycles. The SMILES string of the molecule is CN1CCOC(CNC(=O)/C=C/c2cccc(N)c2)C1. The van der Waals surface area contributed by atoms with Crippen molar-refractivity contribution in [2.45, 2.75) is 6.10 Å². The standard InChI is InChI=1S/C15H21N3O2/c1-18-7-8-20-14(11-18)10-17-15(19)6-5-12-3-2-4-13(16)9-12/h2-6,9,14H,7-8,10-11,16H2,1H3,(H,17,19)/b6-5+. The Morgan fingerprint density at radius 3 is 3.20 bits per heavy atom. The minimum Gasteiger partial charge on any atom is -0.399 e. The van der Waals surface area contributed by atoms with Gasteiger partial charge in [-0.25, -0.2) is 0 Å². The van der Waals surface area contributed by atoms with Gasteiger partial charge < -0.3 is 20.7 Å². The fourth-order valence-electron chi connectivity index (χ4n) is 2.10. The third-order valence-corrected chi connectivity index (χ3v) is 3.18. The van der Waals surface area contributed by atoms with Gasteiger partial charge in [-0.15, -0.1) is 0 Å². The van der Waals surface area contributed by atoms with Gasteiger partial charge in [-0.2, -0.15) is 0 Å². The number of nitrogens with zero attached hydrogens (tertiary/aromatic N) is 1. The molecular formula is C15H21N3O2. The number of benzene rings is 1. The lowest BCUT2D eigenvalue weighted by molar-refractivity contribution is -0.117. The summed E-state index contributed by atoms with van der Waals surface area (Å²) in [5, 5.41) is 2.85. The molecule has 1 atom stereocenters. The Morgan fingerprint density at radius 2 is 2.45 bits per heavy atom. The number of amides is 1. The molecule has 5 nitrogen and oxygen atoms in total. The summed E-state index contributed by atoms with van der Waals surface area (Å²) in [6.07, 6.45) is 3.33. The van der Waals surface area contributed by atoms with Crippen molar-refractivity contribution in [2.24, 2.45) is 0 Å². The summed E-state index contributed by atoms with van der Waals surface area (Å²) in [4.78, 5) is 13.9. The van der Waals surface area contributed by atoms with E-state index in [4.69, 9.17) is 10.5 Å². The zero-order valence-electron chi connectivity index (χ0n) is 11.7. The van der Waals surface area contributed by atoms with Gasteiger partial charge in [0.1, 0.15) is 0 Å². The molecule has 1 saturated heterocycles. The topological polar surface area (TPSA) is 67.6 Å². The van der Waals surface area contributed by atoms with E-state index < -0.39 is 0 Å². The summed E-state index contributed by atoms with van der Waals surface area (Å²) >= 11 is 0. The predicted molar refractivity (Wildman–Crippen MR) is 80.1 cm³/mol. The number of hydrogen-bond donors (Lipinski definition) is 2. The summed E-state index contributed by atoms with van der Waals surface area (Å²) in [6, 6.07) is 7.40. The van der Waals surface area contributed by atoms with Gasteiger partial charge in [-0.1, -0.05) is 12.1 Å². The van der Waals surface area contributed by atoms with Crippen molar-refractivity contribution in [3.05, 3.63) is 35.9 Å². The fourth-order valence-corrected chi connectivity index (χ4v) is 2.10. The molecule has 0 spiro atoms. The first-order valence-corrected chi connectivity index (χ1v) is 6.75. The first-order chi connectivity index (χ1) is 9.63. The number of ether oxygens (including phenoxy) is 1. The molecule has 3 N–H and O–H groups in total. The molecule has 0 bridgehead atoms. The zero-order chi connectivity index (χ0) is 14.4. The first kappa shape index (κ1) is 14.6. The molecule has 5 heteroatoms. The fraction of sp³-hybridized carbons (Fsp3) is 0.400. The lowest BCUT2D eigenvalue weighted by atomic mass is 10.2. The highest BCUT2D eigenvalue weighted by molar-refractivity contribution is 5.91. The van der Waals surface area contributed by atoms with Gasteiger partial charge >= 0.3 is 0 Å². The minimum atomic E-state index is -0.121. The van der Waals surface area contributed by atoms with Crippen LogP contribution in [0.4, 0.5) is 5.69 Å². The average molecular weight is 275 g/mol. The number of nitrogens with one attached hydrogen (secondary N) is 1. The van der Waals surface area contributed by atoms with Crippen molar-refractivity contribution < 1.29 is 9.53 Å². The van der Waals surface area contributed by atoms with Crippen LogP contribution in [0.2, 0.25) is 0 Å². The van der Waals surface area contributed by atoms with Crippen LogP contribution in [-0.2, 0) is 9.53 Å². The molecule has 1 aromatic rings. The summed E-state index contributed by atoms with van der Waals surface area (Å²) in [5.41, 5.74) is 7.28. The Labute approximate surface area is 119 Å². The van der Waals surface area contributed by atoms with E-state index in [0.717, 1.165) is 25.3 Å². The first-order valence-electron chi connectivity index (χ1n) is 6.75. The maximum absolute atomic E-state index is 11.7. The number of carbonyl (C=O) groups excluding carboxylic acids is 1. The van der Waals surface area contributed by atoms with Crippen molar-refractivity contribution in [2.75, 3.05) is 39.0 Å². The summed E-state index contributed by atoms with van der Waals surface area (Å²) in [5.74, 6) is -0.121. The number of nitrogens with two attached hydrogens (primary N) is 1. The number of morpholine rings is 1. The lowest BCUT2D eigenvalue weighted by Gasteiger charge is -2.29. The summed E-state index contributed by atoms with van der Waals surface area (Å²) in [6.45, 7) is 3.04. The Morgan fingerprint density at radius 1 is 1.60 bits per heavy atom. The normalized spacial score (nSPS) is 20.1. The second-order valence-corrected chi connectivity index (χ2v) is 5.00. The largest absolute Gasteiger partial charge is 0.399 e. The van der Waals surface area contributed by atoms with Crippen LogP contribution >= 0.6 is 0 Å². The van der Waals surface area contributed by atoms with Crippen LogP contribution in [0.25, 0.3) is 6.08 Å². The van der Waals surface area contributed by atoms with E-state index in [9.17, 15) is 4.79 Å². The van der Waals surface area contributed by atoms with E-state index in [1.807, 2.05) is 24.3 Å². The molecule has 1 aliphatic rings. The number of hydrogen-bond acceptors (Lipinski definition) is 4. The molecule has 1 fully saturated rings. The molecule has 0 aromatic heterocycles. The van der Waals surface area contributed by atoms with E-state index in [1.54, 1.807) is 6.08 Å². The number of anilines is 1. The van der Waals surface area contributed by atoms with Crippen LogP contribution in [0.5, 0.6) is 0 Å². The van der Waals surface area contributed by atoms with Gasteiger partial charge in [-0.3, -0.25) is 4.79 Å². The molecule has 0 saturated carbocycles. The monoisotopic (exact) mass is 275 g/mol. The van der Waals surface area contributed by atoms with Gasteiger partial charge in [-0.05, 0) is 30.8 Å². The van der Waals surface area contributed by atoms with Crippen LogP contribution in [0.1, 0.15) is 5.56 Å². The molecule has 0 aliphatic carbocycles. The van der Waals surface area contributed by atoms with E-state index >= 15 is 0 Å². The number of likely N-dealkylation sites (N-methyl/N-ethyl adjacent to an activating group) is 1. The maximum atomic E-state index is 11.7. The molecule has 1 amide bonds. The molecule has 1 heterocycles. The lowest BCUT2D eigenvalue weighted by Crippen LogP contribution is -2.45. The number of carbonyl (C=O) groups is 1. The summed E-state index contributed by atoms with van der Waals surface area (Å²) < 4.78 is 5.58. The van der Waals surface area contributed by atoms with E-state index in [0.29, 0.717) is 12.2 Å². The third-order valence-electron chi connectivity index (χ3n) is 3.18. The van der Waals surface area contributed by atoms with E-state index in [2.05, 4.69) is 17.3 Å². The van der Waals surface area contributed by atoms with Gasteiger partial charge in [0.2, 0.25) is 5.91 Å². The molecule has 1 aliphatic heterocycles. The average Bonchev–Trinajstić information content (AvgIpc) is 2.43. The van der Waals surface area contributed by atoms with Crippen molar-refractivity contribution >= 4 is 17.7 Å². The molecule has 108 valence electrons. The predicted octanol–water partition coefficient (Wildman–Crippen LogP) is 0.729. The van der Waals surface area contributed by atoms with Crippen molar-refractivity contribution in [1.82, 2.24) is 10.2 Å². The van der Waals surface area contributed by atoms with Crippen LogP contribution < -0.4 is 11.1 Å². The maximum Gasteiger partial charge on any atom is 0.244 e. The van der Waals surface area contributed by atoms with Crippen molar-refractivity contribution in [1.29, 1.82) is 0 Å². The Bertz CT molecular complexity index is 488. The summed E-state index contributed by atoms with van der Waals surface area (Å²) in [7, 11) is 2.05. The van der Waals surface area contributed by atoms with Gasteiger partial charge in [0.25, 0.3) is 0 Å². The molecule has 20 heavy (non-hydrogen) atoms. The van der Waals surface area contributed by atoms with Crippen molar-refractivity contribution in [3.63, 3.8) is 0 Å². The Kier molecular flexibility index (Phi) is 5.15. The number of nitrogen functional groups attached to an aromatic ring is 1. The highest BCUT2D eigenvalue weighted by Gasteiger charge is 2.17. The van der Waals surface area contributed by atoms with Crippen LogP contribution in [0.15, 0.2) is 30.3 Å². The van der Waals surface area contributed by atoms with Crippen LogP contribution in [-0.4, -0.2) is 50.2 Å². The minimum absolute atomic E-state index is 0.0680. The van der Waals surface area contributed by atoms with Crippen LogP contribution in [0, 0.1) is 0 Å². The van der Waals surface area contributed by atoms with E-state index in [1.165, 1.54) is 6.08 Å². The van der Waals surface area contributed by atoms with Gasteiger partial charge in [0.05, 0.1) is 12.7 Å². The third kappa shape index (κ3) is 4.68. The Hall–Kier alpha value is -1.85. The van der Waals surface area contributed by atoms with Gasteiger partial charge in [0, 0.05) is 31.4 Å². The zero-order valence-corrected chi connectivity index (χ0v) is 11.7. The second-order valence-electron chi connectivity index (χ2n) is 5.00. The van der Waals surface area contributed by atoms with Crippen molar-refractivity contribution in [3.8, 4) is 0 Å². The highest BCUT2D eigenvalue weighted by Crippen LogP contribution is 2.08. The number of rotatable bonds is 4. The molecular weight excluding hydrogens is 254 g/mol. The second kappa shape index (κ2) is 7.07. The van der Waals surface area contributed by atoms with E-state index in [-0.39, 0.29) is 12.0 Å².